The molecule has 1 atom stereocenters. The van der Waals surface area contributed by atoms with E-state index in [0.717, 1.165) is 0 Å². The van der Waals surface area contributed by atoms with Gasteiger partial charge in [-0.05, 0) is 24.3 Å². The maximum Gasteiger partial charge on any atom is 0.225 e. The minimum Gasteiger partial charge on any atom is -0.497 e. The third-order valence-electron chi connectivity index (χ3n) is 2.77. The van der Waals surface area contributed by atoms with Gasteiger partial charge in [0.15, 0.2) is 5.78 Å². The molecule has 0 fully saturated rings. The number of methoxy groups -OCH3 is 1. The van der Waals surface area contributed by atoms with E-state index in [2.05, 4.69) is 0 Å². The number of Topliss-reactive ketones (excluding diaryl/α,β-unsaturated/α-hetero) is 1. The molecule has 0 bridgehead atoms. The topological polar surface area (TPSA) is 46.6 Å². The SMILES string of the molecule is COc1ccc(C(=O)CC(C)C(=O)N(C)C)cc1. The average Bonchev–Trinajstić information content (AvgIpc) is 2.37. The Hall–Kier alpha value is -1.84. The number of hydrogen-bond acceptors (Lipinski definition) is 3. The summed E-state index contributed by atoms with van der Waals surface area (Å²) in [4.78, 5) is 25.1. The minimum absolute atomic E-state index is 0.0275. The molecule has 0 radical (unpaired) electrons. The highest BCUT2D eigenvalue weighted by atomic mass is 16.5. The van der Waals surface area contributed by atoms with E-state index < -0.39 is 0 Å². The third-order valence-corrected chi connectivity index (χ3v) is 2.77. The number of carbonyl (C=O) groups excluding carboxylic acids is 2. The number of rotatable bonds is 5. The fourth-order valence-electron chi connectivity index (χ4n) is 1.70. The number of benzene rings is 1. The van der Waals surface area contributed by atoms with Gasteiger partial charge in [-0.2, -0.15) is 0 Å². The van der Waals surface area contributed by atoms with Crippen molar-refractivity contribution in [1.29, 1.82) is 0 Å². The predicted octanol–water partition coefficient (Wildman–Crippen LogP) is 1.99. The fourth-order valence-corrected chi connectivity index (χ4v) is 1.70. The van der Waals surface area contributed by atoms with E-state index in [1.807, 2.05) is 0 Å². The third kappa shape index (κ3) is 3.58. The lowest BCUT2D eigenvalue weighted by Gasteiger charge is -2.16. The fraction of sp³-hybridized carbons (Fsp3) is 0.429. The summed E-state index contributed by atoms with van der Waals surface area (Å²) in [5, 5.41) is 0. The van der Waals surface area contributed by atoms with Gasteiger partial charge >= 0.3 is 0 Å². The number of ketones is 1. The van der Waals surface area contributed by atoms with Gasteiger partial charge < -0.3 is 9.64 Å². The van der Waals surface area contributed by atoms with Gasteiger partial charge in [0, 0.05) is 32.0 Å². The smallest absolute Gasteiger partial charge is 0.225 e. The van der Waals surface area contributed by atoms with Crippen molar-refractivity contribution in [2.24, 2.45) is 5.92 Å². The first-order valence-corrected chi connectivity index (χ1v) is 5.84. The zero-order valence-electron chi connectivity index (χ0n) is 11.3. The lowest BCUT2D eigenvalue weighted by molar-refractivity contribution is -0.132. The van der Waals surface area contributed by atoms with Crippen LogP contribution in [-0.4, -0.2) is 37.8 Å². The Morgan fingerprint density at radius 1 is 1.22 bits per heavy atom. The van der Waals surface area contributed by atoms with E-state index in [1.54, 1.807) is 52.4 Å². The molecule has 1 amide bonds. The van der Waals surface area contributed by atoms with Crippen LogP contribution in [0.2, 0.25) is 0 Å². The van der Waals surface area contributed by atoms with Gasteiger partial charge in [-0.3, -0.25) is 9.59 Å². The average molecular weight is 249 g/mol. The maximum atomic E-state index is 12.0. The first kappa shape index (κ1) is 14.2. The minimum atomic E-state index is -0.297. The van der Waals surface area contributed by atoms with Crippen molar-refractivity contribution in [1.82, 2.24) is 4.90 Å². The number of ether oxygens (including phenoxy) is 1. The number of carbonyl (C=O) groups is 2. The second-order valence-corrected chi connectivity index (χ2v) is 4.49. The monoisotopic (exact) mass is 249 g/mol. The molecular formula is C14H19NO3. The highest BCUT2D eigenvalue weighted by molar-refractivity contribution is 5.98. The zero-order chi connectivity index (χ0) is 13.7. The molecule has 0 aliphatic carbocycles. The molecule has 4 nitrogen and oxygen atoms in total. The van der Waals surface area contributed by atoms with Crippen molar-refractivity contribution in [3.8, 4) is 5.75 Å². The molecule has 0 aromatic heterocycles. The molecule has 0 spiro atoms. The molecule has 0 saturated heterocycles. The van der Waals surface area contributed by atoms with Crippen LogP contribution in [0.5, 0.6) is 5.75 Å². The summed E-state index contributed by atoms with van der Waals surface area (Å²) in [6.07, 6.45) is 0.226. The molecule has 0 aliphatic heterocycles. The normalized spacial score (nSPS) is 11.8. The standard InChI is InChI=1S/C14H19NO3/c1-10(14(17)15(2)3)9-13(16)11-5-7-12(18-4)8-6-11/h5-8,10H,9H2,1-4H3. The number of nitrogens with zero attached hydrogens (tertiary/aromatic N) is 1. The Morgan fingerprint density at radius 3 is 2.22 bits per heavy atom. The van der Waals surface area contributed by atoms with Crippen molar-refractivity contribution >= 4 is 11.7 Å². The van der Waals surface area contributed by atoms with Crippen molar-refractivity contribution in [3.63, 3.8) is 0 Å². The summed E-state index contributed by atoms with van der Waals surface area (Å²) in [5.74, 6) is 0.357. The summed E-state index contributed by atoms with van der Waals surface area (Å²) in [6.45, 7) is 1.77. The van der Waals surface area contributed by atoms with Crippen LogP contribution in [0.15, 0.2) is 24.3 Å². The second-order valence-electron chi connectivity index (χ2n) is 4.49. The van der Waals surface area contributed by atoms with Crippen LogP contribution in [0.4, 0.5) is 0 Å². The van der Waals surface area contributed by atoms with Crippen molar-refractivity contribution in [2.75, 3.05) is 21.2 Å². The van der Waals surface area contributed by atoms with Gasteiger partial charge in [-0.25, -0.2) is 0 Å². The largest absolute Gasteiger partial charge is 0.497 e. The van der Waals surface area contributed by atoms with Crippen LogP contribution in [-0.2, 0) is 4.79 Å². The first-order valence-electron chi connectivity index (χ1n) is 5.84. The summed E-state index contributed by atoms with van der Waals surface area (Å²) in [6, 6.07) is 6.92. The van der Waals surface area contributed by atoms with Gasteiger partial charge in [0.05, 0.1) is 7.11 Å². The van der Waals surface area contributed by atoms with Crippen LogP contribution in [0.25, 0.3) is 0 Å². The van der Waals surface area contributed by atoms with Gasteiger partial charge in [0.2, 0.25) is 5.91 Å². The molecule has 1 unspecified atom stereocenters. The predicted molar refractivity (Wildman–Crippen MR) is 69.8 cm³/mol. The highest BCUT2D eigenvalue weighted by Gasteiger charge is 2.19. The molecule has 0 N–H and O–H groups in total. The lowest BCUT2D eigenvalue weighted by Crippen LogP contribution is -2.29. The molecule has 18 heavy (non-hydrogen) atoms. The molecule has 1 aromatic rings. The first-order chi connectivity index (χ1) is 8.45. The van der Waals surface area contributed by atoms with Crippen LogP contribution in [0.3, 0.4) is 0 Å². The highest BCUT2D eigenvalue weighted by Crippen LogP contribution is 2.15. The van der Waals surface area contributed by atoms with Crippen LogP contribution in [0.1, 0.15) is 23.7 Å². The Bertz CT molecular complexity index is 423. The summed E-state index contributed by atoms with van der Waals surface area (Å²) in [7, 11) is 4.96. The van der Waals surface area contributed by atoms with E-state index >= 15 is 0 Å². The van der Waals surface area contributed by atoms with E-state index in [4.69, 9.17) is 4.74 Å². The van der Waals surface area contributed by atoms with Gasteiger partial charge in [-0.15, -0.1) is 0 Å². The van der Waals surface area contributed by atoms with Crippen molar-refractivity contribution in [3.05, 3.63) is 29.8 Å². The van der Waals surface area contributed by atoms with Crippen LogP contribution >= 0.6 is 0 Å². The number of amides is 1. The molecule has 0 aliphatic rings. The maximum absolute atomic E-state index is 12.0. The van der Waals surface area contributed by atoms with Gasteiger partial charge in [-0.1, -0.05) is 6.92 Å². The second kappa shape index (κ2) is 6.19. The molecule has 0 heterocycles. The van der Waals surface area contributed by atoms with E-state index in [1.165, 1.54) is 4.90 Å². The van der Waals surface area contributed by atoms with Gasteiger partial charge in [0.1, 0.15) is 5.75 Å². The summed E-state index contributed by atoms with van der Waals surface area (Å²) < 4.78 is 5.03. The lowest BCUT2D eigenvalue weighted by atomic mass is 9.99. The van der Waals surface area contributed by atoms with Gasteiger partial charge in [0.25, 0.3) is 0 Å². The van der Waals surface area contributed by atoms with Crippen molar-refractivity contribution < 1.29 is 14.3 Å². The quantitative estimate of drug-likeness (QED) is 0.750. The Kier molecular flexibility index (Phi) is 4.89. The molecule has 0 saturated carbocycles. The van der Waals surface area contributed by atoms with E-state index in [-0.39, 0.29) is 24.0 Å². The Balaban J connectivity index is 2.67. The van der Waals surface area contributed by atoms with Crippen molar-refractivity contribution in [2.45, 2.75) is 13.3 Å². The summed E-state index contributed by atoms with van der Waals surface area (Å²) in [5.41, 5.74) is 0.606. The van der Waals surface area contributed by atoms with E-state index in [0.29, 0.717) is 11.3 Å². The van der Waals surface area contributed by atoms with Crippen LogP contribution in [0, 0.1) is 5.92 Å². The zero-order valence-corrected chi connectivity index (χ0v) is 11.3. The molecular weight excluding hydrogens is 230 g/mol. The molecule has 4 heteroatoms. The molecule has 1 rings (SSSR count). The van der Waals surface area contributed by atoms with Crippen LogP contribution < -0.4 is 4.74 Å². The summed E-state index contributed by atoms with van der Waals surface area (Å²) >= 11 is 0. The molecule has 98 valence electrons. The Morgan fingerprint density at radius 2 is 1.78 bits per heavy atom. The Labute approximate surface area is 108 Å². The molecule has 1 aromatic carbocycles. The van der Waals surface area contributed by atoms with E-state index in [9.17, 15) is 9.59 Å². The number of hydrogen-bond donors (Lipinski definition) is 0.